The molecule has 1 aliphatic rings. The molecule has 0 aliphatic carbocycles. The van der Waals surface area contributed by atoms with Crippen molar-refractivity contribution in [2.45, 2.75) is 57.6 Å². The fourth-order valence-corrected chi connectivity index (χ4v) is 4.00. The molecule has 2 heterocycles. The van der Waals surface area contributed by atoms with Gasteiger partial charge in [0.05, 0.1) is 6.33 Å². The number of hydrogen-bond acceptors (Lipinski definition) is 4. The summed E-state index contributed by atoms with van der Waals surface area (Å²) in [5.41, 5.74) is 0. The van der Waals surface area contributed by atoms with E-state index in [1.165, 1.54) is 10.6 Å². The average Bonchev–Trinajstić information content (AvgIpc) is 3.04. The van der Waals surface area contributed by atoms with Gasteiger partial charge in [0.1, 0.15) is 0 Å². The molecule has 1 aromatic rings. The highest BCUT2D eigenvalue weighted by Gasteiger charge is 2.33. The fourth-order valence-electron chi connectivity index (χ4n) is 2.60. The van der Waals surface area contributed by atoms with Crippen molar-refractivity contribution in [3.05, 3.63) is 12.5 Å². The van der Waals surface area contributed by atoms with Crippen LogP contribution in [0.1, 0.15) is 40.0 Å². The summed E-state index contributed by atoms with van der Waals surface area (Å²) in [6.07, 6.45) is 5.07. The molecule has 0 bridgehead atoms. The quantitative estimate of drug-likeness (QED) is 0.842. The normalized spacial score (nSPS) is 18.7. The highest BCUT2D eigenvalue weighted by molar-refractivity contribution is 7.89. The first-order valence-electron chi connectivity index (χ1n) is 8.20. The Morgan fingerprint density at radius 3 is 2.57 bits per heavy atom. The second-order valence-electron chi connectivity index (χ2n) is 6.04. The zero-order chi connectivity index (χ0) is 17.0. The van der Waals surface area contributed by atoms with Gasteiger partial charge in [0.15, 0.2) is 5.03 Å². The van der Waals surface area contributed by atoms with Gasteiger partial charge in [-0.3, -0.25) is 4.79 Å². The van der Waals surface area contributed by atoms with E-state index in [0.717, 1.165) is 6.42 Å². The molecule has 1 atom stereocenters. The number of aromatic nitrogens is 2. The minimum atomic E-state index is -3.56. The van der Waals surface area contributed by atoms with Crippen LogP contribution in [0.15, 0.2) is 17.6 Å². The lowest BCUT2D eigenvalue weighted by Crippen LogP contribution is -2.44. The zero-order valence-electron chi connectivity index (χ0n) is 14.0. The molecule has 1 fully saturated rings. The zero-order valence-corrected chi connectivity index (χ0v) is 14.8. The third-order valence-corrected chi connectivity index (χ3v) is 6.19. The van der Waals surface area contributed by atoms with Crippen LogP contribution in [0.3, 0.4) is 0 Å². The predicted molar refractivity (Wildman–Crippen MR) is 87.3 cm³/mol. The largest absolute Gasteiger partial charge is 0.353 e. The Morgan fingerprint density at radius 2 is 2.04 bits per heavy atom. The molecular weight excluding hydrogens is 316 g/mol. The summed E-state index contributed by atoms with van der Waals surface area (Å²) in [5, 5.41) is 3.06. The maximum absolute atomic E-state index is 12.6. The number of carbonyl (C=O) groups is 1. The number of hydrogen-bond donors (Lipinski definition) is 1. The lowest BCUT2D eigenvalue weighted by Gasteiger charge is -2.30. The number of rotatable bonds is 6. The summed E-state index contributed by atoms with van der Waals surface area (Å²) in [4.78, 5) is 16.1. The summed E-state index contributed by atoms with van der Waals surface area (Å²) < 4.78 is 28.3. The van der Waals surface area contributed by atoms with Gasteiger partial charge >= 0.3 is 0 Å². The summed E-state index contributed by atoms with van der Waals surface area (Å²) in [5.74, 6) is -0.0738. The Labute approximate surface area is 138 Å². The monoisotopic (exact) mass is 342 g/mol. The Morgan fingerprint density at radius 1 is 1.39 bits per heavy atom. The summed E-state index contributed by atoms with van der Waals surface area (Å²) >= 11 is 0. The number of nitrogens with one attached hydrogen (secondary N) is 1. The number of sulfonamides is 1. The van der Waals surface area contributed by atoms with Crippen LogP contribution in [0.25, 0.3) is 0 Å². The van der Waals surface area contributed by atoms with Gasteiger partial charge in [0.2, 0.25) is 5.91 Å². The van der Waals surface area contributed by atoms with Crippen LogP contribution in [0.4, 0.5) is 0 Å². The van der Waals surface area contributed by atoms with Crippen LogP contribution < -0.4 is 5.32 Å². The first-order valence-corrected chi connectivity index (χ1v) is 9.64. The van der Waals surface area contributed by atoms with Crippen molar-refractivity contribution >= 4 is 15.9 Å². The molecule has 7 nitrogen and oxygen atoms in total. The summed E-state index contributed by atoms with van der Waals surface area (Å²) in [6, 6.07) is 0.155. The SMILES string of the molecule is CC[C@H](C)NC(=O)C1CCN(S(=O)(=O)c2cn(CC)cn2)CC1. The van der Waals surface area contributed by atoms with Gasteiger partial charge in [-0.05, 0) is 33.1 Å². The molecule has 1 N–H and O–H groups in total. The molecule has 1 saturated heterocycles. The van der Waals surface area contributed by atoms with Crippen molar-refractivity contribution in [1.29, 1.82) is 0 Å². The number of aryl methyl sites for hydroxylation is 1. The van der Waals surface area contributed by atoms with Gasteiger partial charge in [0, 0.05) is 37.8 Å². The van der Waals surface area contributed by atoms with E-state index in [1.54, 1.807) is 10.8 Å². The Balaban J connectivity index is 1.97. The third kappa shape index (κ3) is 4.11. The molecule has 0 unspecified atom stereocenters. The molecule has 0 radical (unpaired) electrons. The van der Waals surface area contributed by atoms with Crippen molar-refractivity contribution in [3.63, 3.8) is 0 Å². The predicted octanol–water partition coefficient (Wildman–Crippen LogP) is 1.22. The van der Waals surface area contributed by atoms with E-state index in [1.807, 2.05) is 20.8 Å². The van der Waals surface area contributed by atoms with E-state index in [2.05, 4.69) is 10.3 Å². The topological polar surface area (TPSA) is 84.3 Å². The number of imidazole rings is 1. The average molecular weight is 342 g/mol. The summed E-state index contributed by atoms with van der Waals surface area (Å²) in [6.45, 7) is 7.33. The summed E-state index contributed by atoms with van der Waals surface area (Å²) in [7, 11) is -3.56. The van der Waals surface area contributed by atoms with Crippen LogP contribution in [-0.4, -0.2) is 47.3 Å². The van der Waals surface area contributed by atoms with Gasteiger partial charge in [0.25, 0.3) is 10.0 Å². The lowest BCUT2D eigenvalue weighted by molar-refractivity contribution is -0.126. The van der Waals surface area contributed by atoms with Gasteiger partial charge in [-0.25, -0.2) is 13.4 Å². The smallest absolute Gasteiger partial charge is 0.262 e. The van der Waals surface area contributed by atoms with E-state index >= 15 is 0 Å². The van der Waals surface area contributed by atoms with Crippen molar-refractivity contribution in [2.75, 3.05) is 13.1 Å². The van der Waals surface area contributed by atoms with E-state index < -0.39 is 10.0 Å². The van der Waals surface area contributed by atoms with Crippen molar-refractivity contribution in [3.8, 4) is 0 Å². The molecule has 0 saturated carbocycles. The molecule has 8 heteroatoms. The molecular formula is C15H26N4O3S. The maximum Gasteiger partial charge on any atom is 0.262 e. The second-order valence-corrected chi connectivity index (χ2v) is 7.92. The number of amides is 1. The minimum absolute atomic E-state index is 0.0339. The van der Waals surface area contributed by atoms with Crippen LogP contribution in [0, 0.1) is 5.92 Å². The van der Waals surface area contributed by atoms with E-state index in [9.17, 15) is 13.2 Å². The standard InChI is InChI=1S/C15H26N4O3S/c1-4-12(3)17-15(20)13-6-8-19(9-7-13)23(21,22)14-10-18(5-2)11-16-14/h10-13H,4-9H2,1-3H3,(H,17,20)/t12-/m0/s1. The Hall–Kier alpha value is -1.41. The van der Waals surface area contributed by atoms with Crippen molar-refractivity contribution < 1.29 is 13.2 Å². The third-order valence-electron chi connectivity index (χ3n) is 4.40. The fraction of sp³-hybridized carbons (Fsp3) is 0.733. The van der Waals surface area contributed by atoms with Gasteiger partial charge in [-0.15, -0.1) is 0 Å². The second kappa shape index (κ2) is 7.44. The van der Waals surface area contributed by atoms with E-state index in [0.29, 0.717) is 32.5 Å². The molecule has 23 heavy (non-hydrogen) atoms. The molecule has 1 aliphatic heterocycles. The highest BCUT2D eigenvalue weighted by atomic mass is 32.2. The molecule has 1 amide bonds. The lowest BCUT2D eigenvalue weighted by atomic mass is 9.97. The molecule has 2 rings (SSSR count). The van der Waals surface area contributed by atoms with E-state index in [4.69, 9.17) is 0 Å². The first-order chi connectivity index (χ1) is 10.9. The highest BCUT2D eigenvalue weighted by Crippen LogP contribution is 2.23. The van der Waals surface area contributed by atoms with Crippen molar-refractivity contribution in [2.24, 2.45) is 5.92 Å². The Bertz CT molecular complexity index is 633. The van der Waals surface area contributed by atoms with Crippen LogP contribution >= 0.6 is 0 Å². The van der Waals surface area contributed by atoms with Crippen molar-refractivity contribution in [1.82, 2.24) is 19.2 Å². The van der Waals surface area contributed by atoms with E-state index in [-0.39, 0.29) is 22.9 Å². The molecule has 0 spiro atoms. The van der Waals surface area contributed by atoms with Crippen LogP contribution in [-0.2, 0) is 21.4 Å². The van der Waals surface area contributed by atoms with Gasteiger partial charge in [-0.2, -0.15) is 4.31 Å². The Kier molecular flexibility index (Phi) is 5.80. The van der Waals surface area contributed by atoms with Crippen LogP contribution in [0.5, 0.6) is 0 Å². The van der Waals surface area contributed by atoms with Gasteiger partial charge < -0.3 is 9.88 Å². The van der Waals surface area contributed by atoms with Crippen LogP contribution in [0.2, 0.25) is 0 Å². The molecule has 0 aromatic carbocycles. The number of carbonyl (C=O) groups excluding carboxylic acids is 1. The maximum atomic E-state index is 12.6. The van der Waals surface area contributed by atoms with Gasteiger partial charge in [-0.1, -0.05) is 6.92 Å². The minimum Gasteiger partial charge on any atom is -0.353 e. The first kappa shape index (κ1) is 17.9. The number of nitrogens with zero attached hydrogens (tertiary/aromatic N) is 3. The molecule has 130 valence electrons. The number of piperidine rings is 1. The molecule has 1 aromatic heterocycles.